The normalized spacial score (nSPS) is 12.5. The number of hydrogen-bond donors (Lipinski definition) is 3. The summed E-state index contributed by atoms with van der Waals surface area (Å²) in [5.74, 6) is -0.575. The first-order valence-electron chi connectivity index (χ1n) is 14.8. The number of hydrogen-bond acceptors (Lipinski definition) is 6. The second kappa shape index (κ2) is 18.1. The van der Waals surface area contributed by atoms with Gasteiger partial charge in [-0.2, -0.15) is 0 Å². The second-order valence-corrected chi connectivity index (χ2v) is 12.9. The quantitative estimate of drug-likeness (QED) is 0.143. The number of nitrogens with one attached hydrogen (secondary N) is 1. The van der Waals surface area contributed by atoms with Crippen LogP contribution in [0.5, 0.6) is 11.5 Å². The summed E-state index contributed by atoms with van der Waals surface area (Å²) in [6.45, 7) is 3.80. The molecule has 1 amide bonds. The highest BCUT2D eigenvalue weighted by atomic mass is 32.2. The van der Waals surface area contributed by atoms with Gasteiger partial charge in [-0.05, 0) is 19.4 Å². The van der Waals surface area contributed by atoms with Gasteiger partial charge in [-0.15, -0.1) is 0 Å². The summed E-state index contributed by atoms with van der Waals surface area (Å²) in [5, 5.41) is 24.1. The number of rotatable bonds is 21. The zero-order chi connectivity index (χ0) is 28.5. The summed E-state index contributed by atoms with van der Waals surface area (Å²) in [4.78, 5) is 12.9. The number of carbonyl (C=O) groups is 1. The molecule has 0 aliphatic carbocycles. The minimum Gasteiger partial charge on any atom is -0.506 e. The number of aromatic hydroxyl groups is 1. The highest BCUT2D eigenvalue weighted by molar-refractivity contribution is 7.91. The zero-order valence-electron chi connectivity index (χ0n) is 23.9. The van der Waals surface area contributed by atoms with Crippen molar-refractivity contribution in [3.05, 3.63) is 35.9 Å². The number of unbranched alkanes of at least 4 members (excludes halogenated alkanes) is 13. The van der Waals surface area contributed by atoms with Crippen LogP contribution in [-0.2, 0) is 9.84 Å². The van der Waals surface area contributed by atoms with Crippen molar-refractivity contribution in [2.75, 3.05) is 18.9 Å². The largest absolute Gasteiger partial charge is 0.506 e. The summed E-state index contributed by atoms with van der Waals surface area (Å²) in [5.41, 5.74) is -1.39. The number of aliphatic hydroxyl groups is 1. The highest BCUT2D eigenvalue weighted by Gasteiger charge is 2.20. The Bertz CT molecular complexity index is 1100. The molecule has 0 aliphatic heterocycles. The van der Waals surface area contributed by atoms with Crippen LogP contribution in [0.3, 0.4) is 0 Å². The first kappa shape index (κ1) is 32.9. The van der Waals surface area contributed by atoms with Crippen LogP contribution in [0.25, 0.3) is 10.8 Å². The van der Waals surface area contributed by atoms with E-state index in [2.05, 4.69) is 12.2 Å². The Morgan fingerprint density at radius 2 is 1.38 bits per heavy atom. The molecule has 0 heterocycles. The van der Waals surface area contributed by atoms with Crippen LogP contribution in [0.1, 0.15) is 114 Å². The molecule has 0 fully saturated rings. The smallest absolute Gasteiger partial charge is 0.255 e. The molecule has 0 aromatic heterocycles. The molecule has 220 valence electrons. The van der Waals surface area contributed by atoms with Crippen molar-refractivity contribution < 1.29 is 28.2 Å². The van der Waals surface area contributed by atoms with Crippen LogP contribution in [0, 0.1) is 0 Å². The number of ether oxygens (including phenoxy) is 1. The Labute approximate surface area is 235 Å². The van der Waals surface area contributed by atoms with Crippen molar-refractivity contribution in [3.8, 4) is 11.5 Å². The van der Waals surface area contributed by atoms with Crippen LogP contribution in [-0.4, -0.2) is 48.9 Å². The number of amides is 1. The molecule has 0 saturated heterocycles. The zero-order valence-corrected chi connectivity index (χ0v) is 24.7. The fourth-order valence-corrected chi connectivity index (χ4v) is 5.33. The summed E-state index contributed by atoms with van der Waals surface area (Å²) in [6, 6.07) is 8.40. The molecule has 0 bridgehead atoms. The number of sulfone groups is 1. The van der Waals surface area contributed by atoms with Crippen molar-refractivity contribution in [1.82, 2.24) is 5.32 Å². The number of phenols is 1. The minimum atomic E-state index is -3.69. The highest BCUT2D eigenvalue weighted by Crippen LogP contribution is 2.36. The van der Waals surface area contributed by atoms with Gasteiger partial charge in [0, 0.05) is 17.3 Å². The standard InChI is InChI=1S/C31H49NO6S/c1-3-4-5-6-7-8-9-10-11-12-13-14-15-18-21-32-31(35)28-24-29(38-22-23-39(36,37)25(2)33)26-19-16-17-20-27(26)30(28)34/h16-17,19-20,24-25,33-34H,3-15,18,21-23H2,1-2H3,(H,32,35). The van der Waals surface area contributed by atoms with E-state index >= 15 is 0 Å². The first-order valence-corrected chi connectivity index (χ1v) is 16.5. The molecular weight excluding hydrogens is 514 g/mol. The van der Waals surface area contributed by atoms with E-state index < -0.39 is 21.2 Å². The van der Waals surface area contributed by atoms with E-state index in [4.69, 9.17) is 4.74 Å². The lowest BCUT2D eigenvalue weighted by atomic mass is 10.0. The van der Waals surface area contributed by atoms with Gasteiger partial charge in [-0.3, -0.25) is 4.79 Å². The topological polar surface area (TPSA) is 113 Å². The minimum absolute atomic E-state index is 0.0902. The third kappa shape index (κ3) is 11.8. The van der Waals surface area contributed by atoms with Gasteiger partial charge in [0.1, 0.15) is 18.1 Å². The SMILES string of the molecule is CCCCCCCCCCCCCCCCNC(=O)c1cc(OCCS(=O)(=O)C(C)O)c2ccccc2c1O. The Kier molecular flexibility index (Phi) is 15.3. The Morgan fingerprint density at radius 3 is 1.92 bits per heavy atom. The second-order valence-electron chi connectivity index (χ2n) is 10.5. The van der Waals surface area contributed by atoms with Crippen LogP contribution < -0.4 is 10.1 Å². The van der Waals surface area contributed by atoms with E-state index in [9.17, 15) is 23.4 Å². The van der Waals surface area contributed by atoms with E-state index in [1.54, 1.807) is 24.3 Å². The Morgan fingerprint density at radius 1 is 0.872 bits per heavy atom. The van der Waals surface area contributed by atoms with E-state index in [-0.39, 0.29) is 23.7 Å². The van der Waals surface area contributed by atoms with Crippen molar-refractivity contribution in [2.24, 2.45) is 0 Å². The molecule has 39 heavy (non-hydrogen) atoms. The maximum absolute atomic E-state index is 12.9. The van der Waals surface area contributed by atoms with E-state index in [1.807, 2.05) is 0 Å². The van der Waals surface area contributed by atoms with Crippen LogP contribution in [0.2, 0.25) is 0 Å². The number of carbonyl (C=O) groups excluding carboxylic acids is 1. The van der Waals surface area contributed by atoms with Crippen LogP contribution >= 0.6 is 0 Å². The van der Waals surface area contributed by atoms with Gasteiger partial charge in [-0.1, -0.05) is 115 Å². The average molecular weight is 564 g/mol. The van der Waals surface area contributed by atoms with Crippen LogP contribution in [0.4, 0.5) is 0 Å². The van der Waals surface area contributed by atoms with Gasteiger partial charge >= 0.3 is 0 Å². The Hall–Kier alpha value is -2.32. The lowest BCUT2D eigenvalue weighted by molar-refractivity contribution is 0.0950. The molecule has 1 unspecified atom stereocenters. The number of fused-ring (bicyclic) bond motifs is 1. The van der Waals surface area contributed by atoms with E-state index in [1.165, 1.54) is 83.6 Å². The fraction of sp³-hybridized carbons (Fsp3) is 0.645. The van der Waals surface area contributed by atoms with E-state index in [0.29, 0.717) is 23.1 Å². The first-order chi connectivity index (χ1) is 18.8. The molecule has 2 rings (SSSR count). The molecule has 1 atom stereocenters. The van der Waals surface area contributed by atoms with Gasteiger partial charge in [0.25, 0.3) is 5.91 Å². The maximum Gasteiger partial charge on any atom is 0.255 e. The molecule has 0 spiro atoms. The van der Waals surface area contributed by atoms with Gasteiger partial charge in [0.15, 0.2) is 15.3 Å². The van der Waals surface area contributed by atoms with Crippen molar-refractivity contribution in [1.29, 1.82) is 0 Å². The van der Waals surface area contributed by atoms with Gasteiger partial charge in [0.05, 0.1) is 11.3 Å². The van der Waals surface area contributed by atoms with Gasteiger partial charge < -0.3 is 20.3 Å². The lowest BCUT2D eigenvalue weighted by Crippen LogP contribution is -2.25. The van der Waals surface area contributed by atoms with Gasteiger partial charge in [-0.25, -0.2) is 8.42 Å². The number of aliphatic hydroxyl groups excluding tert-OH is 1. The molecule has 0 radical (unpaired) electrons. The van der Waals surface area contributed by atoms with Gasteiger partial charge in [0.2, 0.25) is 0 Å². The molecule has 7 nitrogen and oxygen atoms in total. The van der Waals surface area contributed by atoms with Crippen molar-refractivity contribution in [2.45, 2.75) is 109 Å². The molecule has 3 N–H and O–H groups in total. The molecule has 2 aromatic rings. The molecular formula is C31H49NO6S. The number of phenolic OH excluding ortho intramolecular Hbond substituents is 1. The summed E-state index contributed by atoms with van der Waals surface area (Å²) in [6.07, 6.45) is 17.8. The fourth-order valence-electron chi connectivity index (χ4n) is 4.67. The Balaban J connectivity index is 1.73. The maximum atomic E-state index is 12.9. The average Bonchev–Trinajstić information content (AvgIpc) is 2.92. The molecule has 0 saturated carbocycles. The lowest BCUT2D eigenvalue weighted by Gasteiger charge is -2.15. The molecule has 8 heteroatoms. The predicted molar refractivity (Wildman–Crippen MR) is 159 cm³/mol. The molecule has 2 aromatic carbocycles. The molecule has 0 aliphatic rings. The third-order valence-corrected chi connectivity index (χ3v) is 8.96. The summed E-state index contributed by atoms with van der Waals surface area (Å²) in [7, 11) is -3.69. The third-order valence-electron chi connectivity index (χ3n) is 7.18. The summed E-state index contributed by atoms with van der Waals surface area (Å²) < 4.78 is 29.5. The van der Waals surface area contributed by atoms with Crippen LogP contribution in [0.15, 0.2) is 30.3 Å². The number of benzene rings is 2. The van der Waals surface area contributed by atoms with E-state index in [0.717, 1.165) is 19.3 Å². The van der Waals surface area contributed by atoms with Crippen molar-refractivity contribution in [3.63, 3.8) is 0 Å². The summed E-state index contributed by atoms with van der Waals surface area (Å²) >= 11 is 0. The predicted octanol–water partition coefficient (Wildman–Crippen LogP) is 6.89. The van der Waals surface area contributed by atoms with Crippen molar-refractivity contribution >= 4 is 26.5 Å². The monoisotopic (exact) mass is 563 g/mol.